The Balaban J connectivity index is 1.67. The number of rotatable bonds is 6. The molecule has 30 heavy (non-hydrogen) atoms. The number of nitrogens with one attached hydrogen (secondary N) is 2. The quantitative estimate of drug-likeness (QED) is 0.549. The van der Waals surface area contributed by atoms with Gasteiger partial charge in [0, 0.05) is 19.6 Å². The minimum atomic E-state index is -3.45. The highest BCUT2D eigenvalue weighted by molar-refractivity contribution is 7.89. The monoisotopic (exact) mass is 426 g/mol. The van der Waals surface area contributed by atoms with Crippen molar-refractivity contribution in [1.29, 1.82) is 0 Å². The van der Waals surface area contributed by atoms with Crippen LogP contribution in [0.2, 0.25) is 0 Å². The summed E-state index contributed by atoms with van der Waals surface area (Å²) in [5.41, 5.74) is 3.57. The topological polar surface area (TPSA) is 73.8 Å². The molecule has 0 spiro atoms. The number of benzene rings is 2. The summed E-state index contributed by atoms with van der Waals surface area (Å²) in [7, 11) is -2.04. The van der Waals surface area contributed by atoms with Crippen LogP contribution in [0.1, 0.15) is 30.9 Å². The molecule has 2 aromatic rings. The van der Waals surface area contributed by atoms with Gasteiger partial charge in [0.15, 0.2) is 5.96 Å². The summed E-state index contributed by atoms with van der Waals surface area (Å²) < 4.78 is 26.4. The molecule has 1 aliphatic heterocycles. The smallest absolute Gasteiger partial charge is 0.240 e. The zero-order valence-electron chi connectivity index (χ0n) is 17.6. The number of sulfonamides is 1. The van der Waals surface area contributed by atoms with Gasteiger partial charge in [-0.25, -0.2) is 18.1 Å². The second-order valence-electron chi connectivity index (χ2n) is 7.23. The Morgan fingerprint density at radius 3 is 2.50 bits per heavy atom. The molecule has 7 heteroatoms. The van der Waals surface area contributed by atoms with Crippen LogP contribution >= 0.6 is 0 Å². The Labute approximate surface area is 179 Å². The summed E-state index contributed by atoms with van der Waals surface area (Å²) in [5, 5.41) is 3.37. The SMILES string of the molecule is CCNC(=NCc1cccc(S(=O)(=O)NC)c1)N1CCC(=Cc2ccccc2)CC1. The first-order valence-corrected chi connectivity index (χ1v) is 11.8. The van der Waals surface area contributed by atoms with Crippen molar-refractivity contribution in [3.8, 4) is 0 Å². The van der Waals surface area contributed by atoms with Gasteiger partial charge in [-0.3, -0.25) is 0 Å². The van der Waals surface area contributed by atoms with Crippen molar-refractivity contribution in [2.24, 2.45) is 4.99 Å². The number of nitrogens with zero attached hydrogens (tertiary/aromatic N) is 2. The van der Waals surface area contributed by atoms with Crippen LogP contribution in [0.5, 0.6) is 0 Å². The van der Waals surface area contributed by atoms with E-state index in [4.69, 9.17) is 4.99 Å². The van der Waals surface area contributed by atoms with Crippen LogP contribution in [-0.4, -0.2) is 46.0 Å². The predicted molar refractivity (Wildman–Crippen MR) is 123 cm³/mol. The molecule has 1 fully saturated rings. The molecule has 0 amide bonds. The molecule has 3 rings (SSSR count). The predicted octanol–water partition coefficient (Wildman–Crippen LogP) is 3.24. The van der Waals surface area contributed by atoms with Gasteiger partial charge in [0.05, 0.1) is 11.4 Å². The van der Waals surface area contributed by atoms with Crippen LogP contribution in [0.25, 0.3) is 6.08 Å². The molecule has 2 N–H and O–H groups in total. The standard InChI is InChI=1S/C23H30N4O2S/c1-3-25-23(26-18-21-10-7-11-22(17-21)30(28,29)24-2)27-14-12-20(13-15-27)16-19-8-5-4-6-9-19/h4-11,16-17,24H,3,12-15,18H2,1-2H3,(H,25,26). The number of aliphatic imine (C=N–C) groups is 1. The van der Waals surface area contributed by atoms with E-state index in [1.807, 2.05) is 12.1 Å². The molecular weight excluding hydrogens is 396 g/mol. The van der Waals surface area contributed by atoms with E-state index >= 15 is 0 Å². The van der Waals surface area contributed by atoms with E-state index in [1.54, 1.807) is 18.2 Å². The van der Waals surface area contributed by atoms with Gasteiger partial charge < -0.3 is 10.2 Å². The first-order valence-electron chi connectivity index (χ1n) is 10.3. The van der Waals surface area contributed by atoms with Crippen LogP contribution in [-0.2, 0) is 16.6 Å². The van der Waals surface area contributed by atoms with Crippen molar-refractivity contribution in [2.75, 3.05) is 26.7 Å². The van der Waals surface area contributed by atoms with Gasteiger partial charge in [-0.05, 0) is 50.1 Å². The fourth-order valence-electron chi connectivity index (χ4n) is 3.46. The van der Waals surface area contributed by atoms with E-state index < -0.39 is 10.0 Å². The van der Waals surface area contributed by atoms with Crippen LogP contribution < -0.4 is 10.0 Å². The van der Waals surface area contributed by atoms with Crippen molar-refractivity contribution in [3.63, 3.8) is 0 Å². The Morgan fingerprint density at radius 2 is 1.83 bits per heavy atom. The van der Waals surface area contributed by atoms with Crippen molar-refractivity contribution in [3.05, 3.63) is 71.3 Å². The molecule has 0 radical (unpaired) electrons. The van der Waals surface area contributed by atoms with Gasteiger partial charge in [-0.1, -0.05) is 54.1 Å². The highest BCUT2D eigenvalue weighted by Gasteiger charge is 2.17. The van der Waals surface area contributed by atoms with E-state index in [9.17, 15) is 8.42 Å². The second-order valence-corrected chi connectivity index (χ2v) is 9.11. The Hall–Kier alpha value is -2.64. The minimum absolute atomic E-state index is 0.261. The fraction of sp³-hybridized carbons (Fsp3) is 0.348. The van der Waals surface area contributed by atoms with Crippen molar-refractivity contribution in [2.45, 2.75) is 31.2 Å². The molecule has 0 atom stereocenters. The molecule has 0 aromatic heterocycles. The van der Waals surface area contributed by atoms with Crippen LogP contribution in [0.15, 0.2) is 70.1 Å². The molecule has 0 aliphatic carbocycles. The average molecular weight is 427 g/mol. The van der Waals surface area contributed by atoms with Crippen molar-refractivity contribution < 1.29 is 8.42 Å². The van der Waals surface area contributed by atoms with E-state index in [0.29, 0.717) is 6.54 Å². The molecule has 0 saturated carbocycles. The Bertz CT molecular complexity index is 991. The summed E-state index contributed by atoms with van der Waals surface area (Å²) in [6.45, 7) is 5.10. The summed E-state index contributed by atoms with van der Waals surface area (Å²) in [4.78, 5) is 7.30. The lowest BCUT2D eigenvalue weighted by Gasteiger charge is -2.31. The third-order valence-electron chi connectivity index (χ3n) is 5.10. The molecule has 1 aliphatic rings. The van der Waals surface area contributed by atoms with E-state index in [0.717, 1.165) is 44.0 Å². The lowest BCUT2D eigenvalue weighted by Crippen LogP contribution is -2.44. The van der Waals surface area contributed by atoms with E-state index in [1.165, 1.54) is 18.2 Å². The van der Waals surface area contributed by atoms with E-state index in [2.05, 4.69) is 52.2 Å². The van der Waals surface area contributed by atoms with Crippen LogP contribution in [0, 0.1) is 0 Å². The number of hydrogen-bond donors (Lipinski definition) is 2. The molecule has 1 heterocycles. The lowest BCUT2D eigenvalue weighted by atomic mass is 10.0. The first kappa shape index (κ1) is 22.1. The molecule has 1 saturated heterocycles. The highest BCUT2D eigenvalue weighted by Crippen LogP contribution is 2.20. The molecule has 160 valence electrons. The maximum Gasteiger partial charge on any atom is 0.240 e. The maximum absolute atomic E-state index is 12.0. The van der Waals surface area contributed by atoms with E-state index in [-0.39, 0.29) is 4.90 Å². The molecular formula is C23H30N4O2S. The van der Waals surface area contributed by atoms with Crippen LogP contribution in [0.4, 0.5) is 0 Å². The zero-order chi connectivity index (χ0) is 21.4. The maximum atomic E-state index is 12.0. The van der Waals surface area contributed by atoms with Gasteiger partial charge in [-0.2, -0.15) is 0 Å². The number of likely N-dealkylation sites (tertiary alicyclic amines) is 1. The first-order chi connectivity index (χ1) is 14.5. The fourth-order valence-corrected chi connectivity index (χ4v) is 4.26. The van der Waals surface area contributed by atoms with Gasteiger partial charge in [0.2, 0.25) is 10.0 Å². The van der Waals surface area contributed by atoms with Gasteiger partial charge in [0.25, 0.3) is 0 Å². The lowest BCUT2D eigenvalue weighted by molar-refractivity contribution is 0.375. The molecule has 0 unspecified atom stereocenters. The Kier molecular flexibility index (Phi) is 7.65. The van der Waals surface area contributed by atoms with Crippen molar-refractivity contribution in [1.82, 2.24) is 14.9 Å². The van der Waals surface area contributed by atoms with Gasteiger partial charge in [-0.15, -0.1) is 0 Å². The molecule has 6 nitrogen and oxygen atoms in total. The zero-order valence-corrected chi connectivity index (χ0v) is 18.5. The molecule has 0 bridgehead atoms. The third kappa shape index (κ3) is 5.93. The normalized spacial score (nSPS) is 15.2. The Morgan fingerprint density at radius 1 is 1.10 bits per heavy atom. The van der Waals surface area contributed by atoms with Crippen molar-refractivity contribution >= 4 is 22.1 Å². The van der Waals surface area contributed by atoms with Crippen LogP contribution in [0.3, 0.4) is 0 Å². The second kappa shape index (κ2) is 10.4. The number of guanidine groups is 1. The third-order valence-corrected chi connectivity index (χ3v) is 6.51. The summed E-state index contributed by atoms with van der Waals surface area (Å²) in [5.74, 6) is 0.873. The number of hydrogen-bond acceptors (Lipinski definition) is 3. The minimum Gasteiger partial charge on any atom is -0.357 e. The highest BCUT2D eigenvalue weighted by atomic mass is 32.2. The van der Waals surface area contributed by atoms with Gasteiger partial charge >= 0.3 is 0 Å². The summed E-state index contributed by atoms with van der Waals surface area (Å²) in [6.07, 6.45) is 4.31. The molecule has 2 aromatic carbocycles. The number of piperidine rings is 1. The summed E-state index contributed by atoms with van der Waals surface area (Å²) >= 11 is 0. The summed E-state index contributed by atoms with van der Waals surface area (Å²) in [6, 6.07) is 17.4. The van der Waals surface area contributed by atoms with Gasteiger partial charge in [0.1, 0.15) is 0 Å². The largest absolute Gasteiger partial charge is 0.357 e. The average Bonchev–Trinajstić information content (AvgIpc) is 2.78.